The second kappa shape index (κ2) is 6.17. The van der Waals surface area contributed by atoms with E-state index in [2.05, 4.69) is 10.3 Å². The minimum atomic E-state index is -1.03. The molecule has 1 unspecified atom stereocenters. The van der Waals surface area contributed by atoms with Crippen LogP contribution in [0.5, 0.6) is 0 Å². The van der Waals surface area contributed by atoms with Crippen LogP contribution in [0.15, 0.2) is 12.3 Å². The summed E-state index contributed by atoms with van der Waals surface area (Å²) in [6.45, 7) is 4.03. The third-order valence-electron chi connectivity index (χ3n) is 2.90. The van der Waals surface area contributed by atoms with E-state index in [1.54, 1.807) is 38.9 Å². The van der Waals surface area contributed by atoms with Gasteiger partial charge in [0, 0.05) is 32.5 Å². The predicted octanol–water partition coefficient (Wildman–Crippen LogP) is 0.907. The van der Waals surface area contributed by atoms with Crippen molar-refractivity contribution in [2.45, 2.75) is 13.8 Å². The first-order chi connectivity index (χ1) is 8.86. The molecule has 0 aromatic carbocycles. The minimum absolute atomic E-state index is 0.0745. The fourth-order valence-corrected chi connectivity index (χ4v) is 1.86. The first-order valence-corrected chi connectivity index (χ1v) is 5.99. The maximum absolute atomic E-state index is 11.5. The van der Waals surface area contributed by atoms with Gasteiger partial charge in [0.15, 0.2) is 0 Å². The summed E-state index contributed by atoms with van der Waals surface area (Å²) in [5.74, 6) is -1.33. The topological polar surface area (TPSA) is 82.5 Å². The van der Waals surface area contributed by atoms with Gasteiger partial charge in [-0.1, -0.05) is 6.92 Å². The van der Waals surface area contributed by atoms with Crippen molar-refractivity contribution in [1.29, 1.82) is 0 Å². The smallest absolute Gasteiger partial charge is 0.339 e. The molecule has 0 saturated heterocycles. The van der Waals surface area contributed by atoms with Gasteiger partial charge in [-0.15, -0.1) is 0 Å². The van der Waals surface area contributed by atoms with E-state index in [4.69, 9.17) is 5.11 Å². The number of hydrogen-bond acceptors (Lipinski definition) is 4. The molecular formula is C13H19N3O3. The number of hydrogen-bond donors (Lipinski definition) is 2. The number of carboxylic acids is 1. The quantitative estimate of drug-likeness (QED) is 0.826. The summed E-state index contributed by atoms with van der Waals surface area (Å²) in [6, 6.07) is 1.71. The lowest BCUT2D eigenvalue weighted by Gasteiger charge is -2.24. The van der Waals surface area contributed by atoms with Crippen molar-refractivity contribution in [3.8, 4) is 0 Å². The fraction of sp³-hybridized carbons (Fsp3) is 0.462. The molecule has 0 aliphatic rings. The largest absolute Gasteiger partial charge is 0.478 e. The number of aryl methyl sites for hydroxylation is 1. The minimum Gasteiger partial charge on any atom is -0.478 e. The molecule has 1 heterocycles. The van der Waals surface area contributed by atoms with Crippen molar-refractivity contribution in [1.82, 2.24) is 10.3 Å². The number of aromatic nitrogens is 1. The van der Waals surface area contributed by atoms with E-state index in [9.17, 15) is 9.59 Å². The van der Waals surface area contributed by atoms with Gasteiger partial charge in [-0.2, -0.15) is 0 Å². The molecule has 2 N–H and O–H groups in total. The molecule has 0 saturated carbocycles. The number of carbonyl (C=O) groups is 2. The number of carbonyl (C=O) groups excluding carboxylic acids is 1. The van der Waals surface area contributed by atoms with Gasteiger partial charge >= 0.3 is 5.97 Å². The van der Waals surface area contributed by atoms with Crippen LogP contribution in [0.1, 0.15) is 23.0 Å². The van der Waals surface area contributed by atoms with Crippen LogP contribution in [0.4, 0.5) is 5.69 Å². The molecule has 0 aliphatic carbocycles. The van der Waals surface area contributed by atoms with E-state index < -0.39 is 5.97 Å². The zero-order valence-corrected chi connectivity index (χ0v) is 11.6. The van der Waals surface area contributed by atoms with Crippen LogP contribution in [0.3, 0.4) is 0 Å². The zero-order valence-electron chi connectivity index (χ0n) is 11.6. The fourth-order valence-electron chi connectivity index (χ4n) is 1.86. The second-order valence-corrected chi connectivity index (χ2v) is 4.54. The molecule has 1 atom stereocenters. The van der Waals surface area contributed by atoms with Crippen LogP contribution >= 0.6 is 0 Å². The van der Waals surface area contributed by atoms with Gasteiger partial charge in [-0.3, -0.25) is 9.78 Å². The van der Waals surface area contributed by atoms with Crippen molar-refractivity contribution < 1.29 is 14.7 Å². The lowest BCUT2D eigenvalue weighted by molar-refractivity contribution is -0.123. The number of nitrogens with one attached hydrogen (secondary N) is 1. The first kappa shape index (κ1) is 14.9. The Hall–Kier alpha value is -2.11. The maximum Gasteiger partial charge on any atom is 0.339 e. The Kier molecular flexibility index (Phi) is 4.86. The Morgan fingerprint density at radius 1 is 1.53 bits per heavy atom. The van der Waals surface area contributed by atoms with Crippen molar-refractivity contribution >= 4 is 17.6 Å². The number of anilines is 1. The average molecular weight is 265 g/mol. The van der Waals surface area contributed by atoms with Crippen LogP contribution in [-0.4, -0.2) is 42.6 Å². The number of pyridine rings is 1. The number of amides is 1. The third kappa shape index (κ3) is 3.67. The summed E-state index contributed by atoms with van der Waals surface area (Å²) in [5.41, 5.74) is 1.44. The van der Waals surface area contributed by atoms with E-state index >= 15 is 0 Å². The van der Waals surface area contributed by atoms with E-state index in [-0.39, 0.29) is 17.4 Å². The van der Waals surface area contributed by atoms with Crippen molar-refractivity contribution in [3.63, 3.8) is 0 Å². The van der Waals surface area contributed by atoms with Crippen LogP contribution in [0, 0.1) is 12.8 Å². The molecule has 0 radical (unpaired) electrons. The van der Waals surface area contributed by atoms with Crippen LogP contribution in [-0.2, 0) is 4.79 Å². The highest BCUT2D eigenvalue weighted by atomic mass is 16.4. The monoisotopic (exact) mass is 265 g/mol. The van der Waals surface area contributed by atoms with Crippen LogP contribution in [0.25, 0.3) is 0 Å². The summed E-state index contributed by atoms with van der Waals surface area (Å²) in [5, 5.41) is 11.7. The van der Waals surface area contributed by atoms with Gasteiger partial charge in [0.1, 0.15) is 5.56 Å². The van der Waals surface area contributed by atoms with E-state index in [1.807, 2.05) is 0 Å². The molecule has 1 aromatic heterocycles. The number of aromatic carboxylic acids is 1. The summed E-state index contributed by atoms with van der Waals surface area (Å²) in [7, 11) is 3.35. The Morgan fingerprint density at radius 2 is 2.16 bits per heavy atom. The lowest BCUT2D eigenvalue weighted by Crippen LogP contribution is -2.35. The predicted molar refractivity (Wildman–Crippen MR) is 72.4 cm³/mol. The zero-order chi connectivity index (χ0) is 14.6. The number of rotatable bonds is 5. The van der Waals surface area contributed by atoms with Gasteiger partial charge < -0.3 is 15.3 Å². The summed E-state index contributed by atoms with van der Waals surface area (Å²) >= 11 is 0. The molecule has 1 rings (SSSR count). The Balaban J connectivity index is 2.98. The lowest BCUT2D eigenvalue weighted by atomic mass is 10.1. The molecule has 1 amide bonds. The SMILES string of the molecule is CNC(=O)C(C)CN(C)c1cc(C)ncc1C(=O)O. The highest BCUT2D eigenvalue weighted by Gasteiger charge is 2.18. The maximum atomic E-state index is 11.5. The second-order valence-electron chi connectivity index (χ2n) is 4.54. The molecule has 6 heteroatoms. The molecule has 0 spiro atoms. The molecule has 19 heavy (non-hydrogen) atoms. The van der Waals surface area contributed by atoms with E-state index in [1.165, 1.54) is 6.20 Å². The third-order valence-corrected chi connectivity index (χ3v) is 2.90. The van der Waals surface area contributed by atoms with Gasteiger partial charge in [-0.25, -0.2) is 4.79 Å². The molecule has 1 aromatic rings. The van der Waals surface area contributed by atoms with Gasteiger partial charge in [0.2, 0.25) is 5.91 Å². The summed E-state index contributed by atoms with van der Waals surface area (Å²) in [4.78, 5) is 28.4. The van der Waals surface area contributed by atoms with E-state index in [0.29, 0.717) is 12.2 Å². The number of nitrogens with zero attached hydrogens (tertiary/aromatic N) is 2. The normalized spacial score (nSPS) is 11.8. The van der Waals surface area contributed by atoms with Crippen molar-refractivity contribution in [2.75, 3.05) is 25.5 Å². The van der Waals surface area contributed by atoms with Crippen molar-refractivity contribution in [2.24, 2.45) is 5.92 Å². The number of carboxylic acid groups (broad SMARTS) is 1. The highest BCUT2D eigenvalue weighted by molar-refractivity contribution is 5.94. The molecule has 0 fully saturated rings. The molecule has 6 nitrogen and oxygen atoms in total. The highest BCUT2D eigenvalue weighted by Crippen LogP contribution is 2.20. The van der Waals surface area contributed by atoms with Gasteiger partial charge in [-0.05, 0) is 13.0 Å². The van der Waals surface area contributed by atoms with E-state index in [0.717, 1.165) is 5.69 Å². The molecule has 0 aliphatic heterocycles. The average Bonchev–Trinajstić information content (AvgIpc) is 2.36. The van der Waals surface area contributed by atoms with Crippen molar-refractivity contribution in [3.05, 3.63) is 23.5 Å². The summed E-state index contributed by atoms with van der Waals surface area (Å²) < 4.78 is 0. The summed E-state index contributed by atoms with van der Waals surface area (Å²) in [6.07, 6.45) is 1.34. The Morgan fingerprint density at radius 3 is 2.68 bits per heavy atom. The van der Waals surface area contributed by atoms with Gasteiger partial charge in [0.25, 0.3) is 0 Å². The first-order valence-electron chi connectivity index (χ1n) is 5.99. The Bertz CT molecular complexity index is 488. The standard InChI is InChI=1S/C13H19N3O3/c1-8(12(17)14-3)7-16(4)11-5-9(2)15-6-10(11)13(18)19/h5-6,8H,7H2,1-4H3,(H,14,17)(H,18,19). The molecular weight excluding hydrogens is 246 g/mol. The van der Waals surface area contributed by atoms with Crippen LogP contribution in [0.2, 0.25) is 0 Å². The Labute approximate surface area is 112 Å². The molecule has 0 bridgehead atoms. The molecule has 104 valence electrons. The van der Waals surface area contributed by atoms with Gasteiger partial charge in [0.05, 0.1) is 11.6 Å². The van der Waals surface area contributed by atoms with Crippen LogP contribution < -0.4 is 10.2 Å².